The van der Waals surface area contributed by atoms with E-state index in [4.69, 9.17) is 11.6 Å². The minimum atomic E-state index is 0.725. The van der Waals surface area contributed by atoms with Crippen LogP contribution in [0, 0.1) is 0 Å². The Balaban J connectivity index is 1.81. The molecule has 0 radical (unpaired) electrons. The molecule has 0 bridgehead atoms. The lowest BCUT2D eigenvalue weighted by molar-refractivity contribution is 0.657. The number of hydrogen-bond donors (Lipinski definition) is 0. The molecular formula is C17H17ClN2. The van der Waals surface area contributed by atoms with Gasteiger partial charge in [0, 0.05) is 13.0 Å². The molecule has 0 atom stereocenters. The van der Waals surface area contributed by atoms with Crippen molar-refractivity contribution in [1.29, 1.82) is 0 Å². The van der Waals surface area contributed by atoms with E-state index in [2.05, 4.69) is 58.9 Å². The summed E-state index contributed by atoms with van der Waals surface area (Å²) in [6.45, 7) is 2.98. The summed E-state index contributed by atoms with van der Waals surface area (Å²) in [6.07, 6.45) is 3.61. The highest BCUT2D eigenvalue weighted by atomic mass is 35.5. The van der Waals surface area contributed by atoms with Gasteiger partial charge in [0.05, 0.1) is 6.20 Å². The highest BCUT2D eigenvalue weighted by molar-refractivity contribution is 6.29. The van der Waals surface area contributed by atoms with Crippen molar-refractivity contribution in [2.45, 2.75) is 26.3 Å². The van der Waals surface area contributed by atoms with E-state index in [-0.39, 0.29) is 0 Å². The van der Waals surface area contributed by atoms with Gasteiger partial charge in [0.15, 0.2) is 0 Å². The van der Waals surface area contributed by atoms with E-state index >= 15 is 0 Å². The lowest BCUT2D eigenvalue weighted by Gasteiger charge is -2.09. The van der Waals surface area contributed by atoms with Crippen molar-refractivity contribution in [3.05, 3.63) is 65.2 Å². The van der Waals surface area contributed by atoms with Gasteiger partial charge in [0.2, 0.25) is 0 Å². The molecule has 0 aliphatic heterocycles. The van der Waals surface area contributed by atoms with Gasteiger partial charge in [-0.25, -0.2) is 4.98 Å². The standard InChI is InChI=1S/C17H17ClN2/c1-2-17-19-12-16(18)20(17)10-9-13-7-8-14-5-3-4-6-15(14)11-13/h3-8,11-12H,2,9-10H2,1H3. The average molecular weight is 285 g/mol. The zero-order chi connectivity index (χ0) is 13.9. The van der Waals surface area contributed by atoms with Gasteiger partial charge in [-0.2, -0.15) is 0 Å². The van der Waals surface area contributed by atoms with Crippen LogP contribution in [0.2, 0.25) is 5.15 Å². The third kappa shape index (κ3) is 2.56. The third-order valence-electron chi connectivity index (χ3n) is 3.64. The van der Waals surface area contributed by atoms with Crippen LogP contribution in [0.25, 0.3) is 10.8 Å². The second-order valence-electron chi connectivity index (χ2n) is 4.93. The minimum Gasteiger partial charge on any atom is -0.319 e. The van der Waals surface area contributed by atoms with Crippen molar-refractivity contribution in [2.24, 2.45) is 0 Å². The van der Waals surface area contributed by atoms with Crippen molar-refractivity contribution < 1.29 is 0 Å². The highest BCUT2D eigenvalue weighted by Crippen LogP contribution is 2.18. The molecule has 3 aromatic rings. The maximum absolute atomic E-state index is 6.19. The monoisotopic (exact) mass is 284 g/mol. The second-order valence-corrected chi connectivity index (χ2v) is 5.32. The second kappa shape index (κ2) is 5.68. The van der Waals surface area contributed by atoms with E-state index < -0.39 is 0 Å². The van der Waals surface area contributed by atoms with Gasteiger partial charge in [-0.05, 0) is 22.8 Å². The molecule has 102 valence electrons. The molecule has 2 aromatic carbocycles. The van der Waals surface area contributed by atoms with E-state index in [1.807, 2.05) is 0 Å². The van der Waals surface area contributed by atoms with E-state index in [1.54, 1.807) is 6.20 Å². The van der Waals surface area contributed by atoms with Crippen LogP contribution in [0.5, 0.6) is 0 Å². The van der Waals surface area contributed by atoms with Crippen LogP contribution < -0.4 is 0 Å². The number of aryl methyl sites for hydroxylation is 2. The molecule has 0 aliphatic rings. The molecule has 1 aromatic heterocycles. The zero-order valence-corrected chi connectivity index (χ0v) is 12.3. The van der Waals surface area contributed by atoms with E-state index in [9.17, 15) is 0 Å². The van der Waals surface area contributed by atoms with Gasteiger partial charge in [-0.15, -0.1) is 0 Å². The Morgan fingerprint density at radius 1 is 1.10 bits per heavy atom. The molecule has 0 fully saturated rings. The summed E-state index contributed by atoms with van der Waals surface area (Å²) >= 11 is 6.19. The molecule has 1 heterocycles. The predicted octanol–water partition coefficient (Wildman–Crippen LogP) is 4.49. The normalized spacial score (nSPS) is 11.1. The zero-order valence-electron chi connectivity index (χ0n) is 11.5. The first-order chi connectivity index (χ1) is 9.78. The number of hydrogen-bond acceptors (Lipinski definition) is 1. The Bertz CT molecular complexity index is 731. The smallest absolute Gasteiger partial charge is 0.128 e. The molecule has 0 unspecified atom stereocenters. The molecule has 0 saturated heterocycles. The first-order valence-electron chi connectivity index (χ1n) is 6.95. The van der Waals surface area contributed by atoms with Crippen LogP contribution in [0.1, 0.15) is 18.3 Å². The van der Waals surface area contributed by atoms with Gasteiger partial charge in [0.1, 0.15) is 11.0 Å². The van der Waals surface area contributed by atoms with Crippen LogP contribution in [0.4, 0.5) is 0 Å². The summed E-state index contributed by atoms with van der Waals surface area (Å²) in [6, 6.07) is 15.1. The molecule has 0 amide bonds. The summed E-state index contributed by atoms with van der Waals surface area (Å²) in [5, 5.41) is 3.30. The van der Waals surface area contributed by atoms with E-state index in [0.29, 0.717) is 0 Å². The van der Waals surface area contributed by atoms with Gasteiger partial charge in [0.25, 0.3) is 0 Å². The lowest BCUT2D eigenvalue weighted by Crippen LogP contribution is -2.05. The highest BCUT2D eigenvalue weighted by Gasteiger charge is 2.06. The third-order valence-corrected chi connectivity index (χ3v) is 3.95. The number of halogens is 1. The van der Waals surface area contributed by atoms with Gasteiger partial charge < -0.3 is 4.57 Å². The van der Waals surface area contributed by atoms with Gasteiger partial charge in [-0.1, -0.05) is 61.0 Å². The summed E-state index contributed by atoms with van der Waals surface area (Å²) in [5.41, 5.74) is 1.33. The van der Waals surface area contributed by atoms with Crippen LogP contribution in [-0.4, -0.2) is 9.55 Å². The van der Waals surface area contributed by atoms with Crippen LogP contribution in [0.15, 0.2) is 48.7 Å². The predicted molar refractivity (Wildman–Crippen MR) is 84.3 cm³/mol. The van der Waals surface area contributed by atoms with Crippen molar-refractivity contribution in [3.63, 3.8) is 0 Å². The SMILES string of the molecule is CCc1ncc(Cl)n1CCc1ccc2ccccc2c1. The molecule has 0 N–H and O–H groups in total. The van der Waals surface area contributed by atoms with Crippen molar-refractivity contribution >= 4 is 22.4 Å². The summed E-state index contributed by atoms with van der Waals surface area (Å²) in [4.78, 5) is 4.33. The van der Waals surface area contributed by atoms with Crippen LogP contribution in [0.3, 0.4) is 0 Å². The Morgan fingerprint density at radius 3 is 2.70 bits per heavy atom. The molecule has 20 heavy (non-hydrogen) atoms. The summed E-state index contributed by atoms with van der Waals surface area (Å²) < 4.78 is 2.09. The summed E-state index contributed by atoms with van der Waals surface area (Å²) in [7, 11) is 0. The number of imidazole rings is 1. The molecule has 0 spiro atoms. The van der Waals surface area contributed by atoms with Gasteiger partial charge >= 0.3 is 0 Å². The fourth-order valence-electron chi connectivity index (χ4n) is 2.54. The largest absolute Gasteiger partial charge is 0.319 e. The molecule has 3 heteroatoms. The average Bonchev–Trinajstić information content (AvgIpc) is 2.85. The maximum Gasteiger partial charge on any atom is 0.128 e. The topological polar surface area (TPSA) is 17.8 Å². The number of benzene rings is 2. The number of fused-ring (bicyclic) bond motifs is 1. The Morgan fingerprint density at radius 2 is 1.90 bits per heavy atom. The molecular weight excluding hydrogens is 268 g/mol. The van der Waals surface area contributed by atoms with E-state index in [0.717, 1.165) is 30.4 Å². The first-order valence-corrected chi connectivity index (χ1v) is 7.33. The molecule has 3 rings (SSSR count). The number of aromatic nitrogens is 2. The van der Waals surface area contributed by atoms with Gasteiger partial charge in [-0.3, -0.25) is 0 Å². The fourth-order valence-corrected chi connectivity index (χ4v) is 2.77. The van der Waals surface area contributed by atoms with Crippen molar-refractivity contribution in [1.82, 2.24) is 9.55 Å². The molecule has 2 nitrogen and oxygen atoms in total. The Kier molecular flexibility index (Phi) is 3.75. The first kappa shape index (κ1) is 13.2. The lowest BCUT2D eigenvalue weighted by atomic mass is 10.1. The van der Waals surface area contributed by atoms with Crippen LogP contribution in [-0.2, 0) is 19.4 Å². The van der Waals surface area contributed by atoms with Crippen molar-refractivity contribution in [2.75, 3.05) is 0 Å². The Hall–Kier alpha value is -1.80. The molecule has 0 aliphatic carbocycles. The number of nitrogens with zero attached hydrogens (tertiary/aromatic N) is 2. The summed E-state index contributed by atoms with van der Waals surface area (Å²) in [5.74, 6) is 1.05. The fraction of sp³-hybridized carbons (Fsp3) is 0.235. The quantitative estimate of drug-likeness (QED) is 0.690. The Labute approximate surface area is 124 Å². The molecule has 0 saturated carbocycles. The number of rotatable bonds is 4. The van der Waals surface area contributed by atoms with Crippen LogP contribution >= 0.6 is 11.6 Å². The maximum atomic E-state index is 6.19. The minimum absolute atomic E-state index is 0.725. The van der Waals surface area contributed by atoms with E-state index in [1.165, 1.54) is 16.3 Å². The van der Waals surface area contributed by atoms with Crippen molar-refractivity contribution in [3.8, 4) is 0 Å².